The summed E-state index contributed by atoms with van der Waals surface area (Å²) in [5.41, 5.74) is 6.53. The lowest BCUT2D eigenvalue weighted by atomic mass is 10.4. The normalized spacial score (nSPS) is 10.2. The number of aliphatic imine (C=N–C) groups is 1. The molecule has 0 bridgehead atoms. The molecular formula is C8H17Cl2N5S. The summed E-state index contributed by atoms with van der Waals surface area (Å²) in [5.74, 6) is 0.473. The summed E-state index contributed by atoms with van der Waals surface area (Å²) in [5, 5.41) is 8.17. The van der Waals surface area contributed by atoms with Crippen molar-refractivity contribution in [3.8, 4) is 0 Å². The summed E-state index contributed by atoms with van der Waals surface area (Å²) in [7, 11) is 1.66. The quantitative estimate of drug-likeness (QED) is 0.421. The summed E-state index contributed by atoms with van der Waals surface area (Å²) >= 11 is 1.47. The number of guanidine groups is 1. The number of hydrogen-bond acceptors (Lipinski definition) is 4. The molecule has 0 spiro atoms. The summed E-state index contributed by atoms with van der Waals surface area (Å²) in [6, 6.07) is 2.01. The molecule has 0 saturated heterocycles. The van der Waals surface area contributed by atoms with Gasteiger partial charge in [0.1, 0.15) is 0 Å². The Hall–Kier alpha value is -0.560. The molecule has 0 amide bonds. The van der Waals surface area contributed by atoms with E-state index in [1.54, 1.807) is 7.05 Å². The molecule has 16 heavy (non-hydrogen) atoms. The second-order valence-corrected chi connectivity index (χ2v) is 3.37. The van der Waals surface area contributed by atoms with Crippen molar-refractivity contribution in [2.24, 2.45) is 10.7 Å². The Kier molecular flexibility index (Phi) is 12.2. The maximum atomic E-state index is 5.45. The van der Waals surface area contributed by atoms with Crippen LogP contribution in [-0.2, 0) is 6.54 Å². The molecule has 0 aromatic carbocycles. The van der Waals surface area contributed by atoms with Gasteiger partial charge in [-0.2, -0.15) is 4.37 Å². The monoisotopic (exact) mass is 285 g/mol. The van der Waals surface area contributed by atoms with Crippen LogP contribution in [0, 0.1) is 0 Å². The van der Waals surface area contributed by atoms with Crippen molar-refractivity contribution in [2.75, 3.05) is 20.1 Å². The average molecular weight is 286 g/mol. The predicted molar refractivity (Wildman–Crippen MR) is 73.9 cm³/mol. The van der Waals surface area contributed by atoms with Crippen LogP contribution in [0.1, 0.15) is 5.69 Å². The first-order valence-electron chi connectivity index (χ1n) is 4.39. The molecule has 5 nitrogen and oxygen atoms in total. The highest BCUT2D eigenvalue weighted by Gasteiger charge is 1.93. The highest BCUT2D eigenvalue weighted by Crippen LogP contribution is 1.97. The lowest BCUT2D eigenvalue weighted by Gasteiger charge is -2.05. The van der Waals surface area contributed by atoms with Gasteiger partial charge in [0.05, 0.1) is 5.69 Å². The van der Waals surface area contributed by atoms with Crippen LogP contribution in [0.5, 0.6) is 0 Å². The van der Waals surface area contributed by atoms with E-state index in [1.165, 1.54) is 11.5 Å². The number of aromatic nitrogens is 1. The summed E-state index contributed by atoms with van der Waals surface area (Å²) in [6.07, 6.45) is 0. The van der Waals surface area contributed by atoms with E-state index in [4.69, 9.17) is 5.73 Å². The second kappa shape index (κ2) is 10.9. The van der Waals surface area contributed by atoms with Gasteiger partial charge >= 0.3 is 0 Å². The van der Waals surface area contributed by atoms with Gasteiger partial charge in [-0.25, -0.2) is 0 Å². The van der Waals surface area contributed by atoms with Gasteiger partial charge in [-0.05, 0) is 17.6 Å². The molecule has 0 unspecified atom stereocenters. The molecular weight excluding hydrogens is 269 g/mol. The average Bonchev–Trinajstić information content (AvgIpc) is 2.69. The summed E-state index contributed by atoms with van der Waals surface area (Å²) < 4.78 is 4.18. The van der Waals surface area contributed by atoms with Crippen LogP contribution in [0.3, 0.4) is 0 Å². The first-order chi connectivity index (χ1) is 6.83. The molecule has 1 rings (SSSR count). The van der Waals surface area contributed by atoms with E-state index in [1.807, 2.05) is 11.4 Å². The fraction of sp³-hybridized carbons (Fsp3) is 0.500. The number of halogens is 2. The smallest absolute Gasteiger partial charge is 0.188 e. The van der Waals surface area contributed by atoms with Crippen LogP contribution in [0.15, 0.2) is 16.4 Å². The highest BCUT2D eigenvalue weighted by molar-refractivity contribution is 7.03. The fourth-order valence-corrected chi connectivity index (χ4v) is 1.44. The van der Waals surface area contributed by atoms with Crippen LogP contribution in [-0.4, -0.2) is 30.5 Å². The van der Waals surface area contributed by atoms with Gasteiger partial charge in [0.15, 0.2) is 5.96 Å². The van der Waals surface area contributed by atoms with Gasteiger partial charge in [0, 0.05) is 32.1 Å². The van der Waals surface area contributed by atoms with Crippen molar-refractivity contribution < 1.29 is 0 Å². The van der Waals surface area contributed by atoms with Crippen molar-refractivity contribution in [1.82, 2.24) is 15.0 Å². The van der Waals surface area contributed by atoms with E-state index in [0.29, 0.717) is 5.96 Å². The third-order valence-corrected chi connectivity index (χ3v) is 2.24. The van der Waals surface area contributed by atoms with E-state index >= 15 is 0 Å². The van der Waals surface area contributed by atoms with Gasteiger partial charge in [0.2, 0.25) is 0 Å². The Bertz CT molecular complexity index is 278. The highest BCUT2D eigenvalue weighted by atomic mass is 35.5. The first kappa shape index (κ1) is 17.8. The molecule has 0 atom stereocenters. The molecule has 4 N–H and O–H groups in total. The molecule has 94 valence electrons. The van der Waals surface area contributed by atoms with Crippen molar-refractivity contribution >= 4 is 42.3 Å². The van der Waals surface area contributed by atoms with Crippen molar-refractivity contribution in [1.29, 1.82) is 0 Å². The SMILES string of the molecule is CN=C(N)NCCNCc1ccsn1.Cl.Cl. The lowest BCUT2D eigenvalue weighted by Crippen LogP contribution is -2.36. The van der Waals surface area contributed by atoms with Gasteiger partial charge < -0.3 is 16.4 Å². The van der Waals surface area contributed by atoms with Crippen LogP contribution in [0.4, 0.5) is 0 Å². The Morgan fingerprint density at radius 1 is 1.50 bits per heavy atom. The van der Waals surface area contributed by atoms with Gasteiger partial charge in [-0.1, -0.05) is 0 Å². The maximum absolute atomic E-state index is 5.45. The van der Waals surface area contributed by atoms with Crippen LogP contribution >= 0.6 is 36.3 Å². The molecule has 1 aromatic heterocycles. The topological polar surface area (TPSA) is 75.3 Å². The zero-order chi connectivity index (χ0) is 10.2. The molecule has 0 fully saturated rings. The standard InChI is InChI=1S/C8H15N5S.2ClH/c1-10-8(9)12-4-3-11-6-7-2-5-14-13-7;;/h2,5,11H,3-4,6H2,1H3,(H3,9,10,12);2*1H. The van der Waals surface area contributed by atoms with Crippen molar-refractivity contribution in [3.63, 3.8) is 0 Å². The number of nitrogens with one attached hydrogen (secondary N) is 2. The lowest BCUT2D eigenvalue weighted by molar-refractivity contribution is 0.664. The molecule has 0 aliphatic heterocycles. The molecule has 0 radical (unpaired) electrons. The fourth-order valence-electron chi connectivity index (χ4n) is 0.903. The third-order valence-electron chi connectivity index (χ3n) is 1.65. The molecule has 1 aromatic rings. The number of nitrogens with zero attached hydrogens (tertiary/aromatic N) is 2. The van der Waals surface area contributed by atoms with Crippen LogP contribution in [0.2, 0.25) is 0 Å². The zero-order valence-corrected chi connectivity index (χ0v) is 11.4. The van der Waals surface area contributed by atoms with Crippen LogP contribution in [0.25, 0.3) is 0 Å². The van der Waals surface area contributed by atoms with Gasteiger partial charge in [-0.3, -0.25) is 4.99 Å². The van der Waals surface area contributed by atoms with Crippen molar-refractivity contribution in [3.05, 3.63) is 17.1 Å². The number of rotatable bonds is 5. The molecule has 0 aliphatic rings. The summed E-state index contributed by atoms with van der Waals surface area (Å²) in [4.78, 5) is 3.78. The van der Waals surface area contributed by atoms with E-state index in [-0.39, 0.29) is 24.8 Å². The Balaban J connectivity index is 0. The second-order valence-electron chi connectivity index (χ2n) is 2.70. The minimum absolute atomic E-state index is 0. The maximum Gasteiger partial charge on any atom is 0.188 e. The molecule has 0 aliphatic carbocycles. The zero-order valence-electron chi connectivity index (χ0n) is 8.97. The summed E-state index contributed by atoms with van der Waals surface area (Å²) in [6.45, 7) is 2.41. The predicted octanol–water partition coefficient (Wildman–Crippen LogP) is 0.610. The van der Waals surface area contributed by atoms with E-state index < -0.39 is 0 Å². The van der Waals surface area contributed by atoms with E-state index in [0.717, 1.165) is 25.3 Å². The van der Waals surface area contributed by atoms with Gasteiger partial charge in [-0.15, -0.1) is 24.8 Å². The van der Waals surface area contributed by atoms with Crippen molar-refractivity contribution in [2.45, 2.75) is 6.54 Å². The first-order valence-corrected chi connectivity index (χ1v) is 5.22. The third kappa shape index (κ3) is 7.70. The molecule has 0 saturated carbocycles. The van der Waals surface area contributed by atoms with E-state index in [9.17, 15) is 0 Å². The Labute approximate surface area is 112 Å². The van der Waals surface area contributed by atoms with Crippen LogP contribution < -0.4 is 16.4 Å². The molecule has 8 heteroatoms. The largest absolute Gasteiger partial charge is 0.370 e. The Morgan fingerprint density at radius 2 is 2.25 bits per heavy atom. The number of hydrogen-bond donors (Lipinski definition) is 3. The van der Waals surface area contributed by atoms with Gasteiger partial charge in [0.25, 0.3) is 0 Å². The molecule has 1 heterocycles. The minimum atomic E-state index is 0. The minimum Gasteiger partial charge on any atom is -0.370 e. The Morgan fingerprint density at radius 3 is 2.81 bits per heavy atom. The van der Waals surface area contributed by atoms with E-state index in [2.05, 4.69) is 20.0 Å². The number of nitrogens with two attached hydrogens (primary N) is 1.